The van der Waals surface area contributed by atoms with Crippen LogP contribution in [0.2, 0.25) is 0 Å². The minimum absolute atomic E-state index is 0.105. The molecule has 0 saturated carbocycles. The zero-order valence-corrected chi connectivity index (χ0v) is 13.7. The fourth-order valence-corrected chi connectivity index (χ4v) is 2.88. The molecule has 0 bridgehead atoms. The highest BCUT2D eigenvalue weighted by Gasteiger charge is 2.22. The Morgan fingerprint density at radius 3 is 2.38 bits per heavy atom. The summed E-state index contributed by atoms with van der Waals surface area (Å²) < 4.78 is 14.4. The third-order valence-corrected chi connectivity index (χ3v) is 4.77. The van der Waals surface area contributed by atoms with Gasteiger partial charge in [0.05, 0.1) is 5.69 Å². The van der Waals surface area contributed by atoms with Crippen LogP contribution >= 0.6 is 0 Å². The van der Waals surface area contributed by atoms with Crippen molar-refractivity contribution in [3.63, 3.8) is 0 Å². The maximum absolute atomic E-state index is 14.4. The molecular formula is C17H28FN3. The first-order valence-electron chi connectivity index (χ1n) is 8.02. The van der Waals surface area contributed by atoms with Crippen molar-refractivity contribution in [2.24, 2.45) is 0 Å². The molecule has 21 heavy (non-hydrogen) atoms. The molecule has 1 fully saturated rings. The van der Waals surface area contributed by atoms with Gasteiger partial charge in [-0.2, -0.15) is 0 Å². The van der Waals surface area contributed by atoms with Gasteiger partial charge in [0.1, 0.15) is 5.82 Å². The normalized spacial score (nSPS) is 19.6. The van der Waals surface area contributed by atoms with Gasteiger partial charge in [0, 0.05) is 38.3 Å². The molecule has 118 valence electrons. The number of hydrogen-bond donors (Lipinski definition) is 1. The molecule has 2 rings (SSSR count). The van der Waals surface area contributed by atoms with Gasteiger partial charge in [-0.05, 0) is 45.0 Å². The lowest BCUT2D eigenvalue weighted by atomic mass is 10.1. The molecule has 1 saturated heterocycles. The summed E-state index contributed by atoms with van der Waals surface area (Å²) in [5, 5.41) is 3.15. The van der Waals surface area contributed by atoms with Crippen LogP contribution < -0.4 is 10.2 Å². The molecule has 1 aliphatic heterocycles. The molecular weight excluding hydrogens is 265 g/mol. The summed E-state index contributed by atoms with van der Waals surface area (Å²) in [5.41, 5.74) is 1.74. The number of piperazine rings is 1. The van der Waals surface area contributed by atoms with Gasteiger partial charge in [-0.15, -0.1) is 0 Å². The van der Waals surface area contributed by atoms with E-state index in [0.717, 1.165) is 37.4 Å². The summed E-state index contributed by atoms with van der Waals surface area (Å²) >= 11 is 0. The van der Waals surface area contributed by atoms with Crippen LogP contribution in [0.25, 0.3) is 0 Å². The van der Waals surface area contributed by atoms with Crippen molar-refractivity contribution >= 4 is 5.69 Å². The smallest absolute Gasteiger partial charge is 0.146 e. The Kier molecular flexibility index (Phi) is 5.59. The highest BCUT2D eigenvalue weighted by atomic mass is 19.1. The molecule has 3 nitrogen and oxygen atoms in total. The number of nitrogens with one attached hydrogen (secondary N) is 1. The predicted octanol–water partition coefficient (Wildman–Crippen LogP) is 3.03. The quantitative estimate of drug-likeness (QED) is 0.900. The second-order valence-corrected chi connectivity index (χ2v) is 6.00. The number of hydrogen-bond acceptors (Lipinski definition) is 3. The van der Waals surface area contributed by atoms with Gasteiger partial charge in [0.15, 0.2) is 0 Å². The van der Waals surface area contributed by atoms with E-state index in [1.807, 2.05) is 26.1 Å². The van der Waals surface area contributed by atoms with Crippen molar-refractivity contribution in [2.45, 2.75) is 39.3 Å². The standard InChI is InChI=1S/C17H28FN3/c1-5-13(2)20-8-10-21(11-9-20)17-7-6-15(12-16(17)18)14(3)19-4/h6-7,12-14,19H,5,8-11H2,1-4H3. The topological polar surface area (TPSA) is 18.5 Å². The molecule has 0 amide bonds. The minimum Gasteiger partial charge on any atom is -0.367 e. The number of nitrogens with zero attached hydrogens (tertiary/aromatic N) is 2. The SMILES string of the molecule is CCC(C)N1CCN(c2ccc(C(C)NC)cc2F)CC1. The maximum atomic E-state index is 14.4. The predicted molar refractivity (Wildman–Crippen MR) is 87.4 cm³/mol. The van der Waals surface area contributed by atoms with E-state index >= 15 is 0 Å². The van der Waals surface area contributed by atoms with Crippen LogP contribution in [-0.4, -0.2) is 44.2 Å². The fraction of sp³-hybridized carbons (Fsp3) is 0.647. The molecule has 0 radical (unpaired) electrons. The summed E-state index contributed by atoms with van der Waals surface area (Å²) in [7, 11) is 1.89. The van der Waals surface area contributed by atoms with Crippen molar-refractivity contribution in [3.05, 3.63) is 29.6 Å². The van der Waals surface area contributed by atoms with Gasteiger partial charge in [-0.3, -0.25) is 4.90 Å². The van der Waals surface area contributed by atoms with Gasteiger partial charge in [-0.25, -0.2) is 4.39 Å². The molecule has 1 aromatic rings. The summed E-state index contributed by atoms with van der Waals surface area (Å²) in [6.07, 6.45) is 1.17. The van der Waals surface area contributed by atoms with Gasteiger partial charge >= 0.3 is 0 Å². The van der Waals surface area contributed by atoms with E-state index < -0.39 is 0 Å². The van der Waals surface area contributed by atoms with E-state index in [-0.39, 0.29) is 11.9 Å². The number of anilines is 1. The largest absolute Gasteiger partial charge is 0.367 e. The zero-order valence-electron chi connectivity index (χ0n) is 13.7. The minimum atomic E-state index is -0.105. The zero-order chi connectivity index (χ0) is 15.4. The summed E-state index contributed by atoms with van der Waals surface area (Å²) in [5.74, 6) is -0.105. The molecule has 0 aromatic heterocycles. The molecule has 4 heteroatoms. The summed E-state index contributed by atoms with van der Waals surface area (Å²) in [4.78, 5) is 4.66. The van der Waals surface area contributed by atoms with Crippen LogP contribution in [0.4, 0.5) is 10.1 Å². The van der Waals surface area contributed by atoms with Crippen LogP contribution in [0.3, 0.4) is 0 Å². The first kappa shape index (κ1) is 16.2. The third-order valence-electron chi connectivity index (χ3n) is 4.77. The molecule has 1 aromatic carbocycles. The van der Waals surface area contributed by atoms with E-state index in [2.05, 4.69) is 29.0 Å². The number of rotatable bonds is 5. The Morgan fingerprint density at radius 1 is 1.19 bits per heavy atom. The average Bonchev–Trinajstić information content (AvgIpc) is 2.53. The molecule has 1 aliphatic rings. The van der Waals surface area contributed by atoms with Crippen molar-refractivity contribution in [2.75, 3.05) is 38.1 Å². The molecule has 2 unspecified atom stereocenters. The van der Waals surface area contributed by atoms with Crippen LogP contribution in [0.15, 0.2) is 18.2 Å². The lowest BCUT2D eigenvalue weighted by Gasteiger charge is -2.39. The van der Waals surface area contributed by atoms with Crippen LogP contribution in [-0.2, 0) is 0 Å². The Morgan fingerprint density at radius 2 is 1.86 bits per heavy atom. The van der Waals surface area contributed by atoms with E-state index in [1.54, 1.807) is 6.07 Å². The fourth-order valence-electron chi connectivity index (χ4n) is 2.88. The lowest BCUT2D eigenvalue weighted by Crippen LogP contribution is -2.49. The first-order valence-corrected chi connectivity index (χ1v) is 8.02. The van der Waals surface area contributed by atoms with Gasteiger partial charge < -0.3 is 10.2 Å². The number of benzene rings is 1. The second-order valence-electron chi connectivity index (χ2n) is 6.00. The van der Waals surface area contributed by atoms with E-state index in [0.29, 0.717) is 6.04 Å². The summed E-state index contributed by atoms with van der Waals surface area (Å²) in [6.45, 7) is 10.4. The lowest BCUT2D eigenvalue weighted by molar-refractivity contribution is 0.192. The Labute approximate surface area is 128 Å². The van der Waals surface area contributed by atoms with Gasteiger partial charge in [0.25, 0.3) is 0 Å². The van der Waals surface area contributed by atoms with E-state index in [1.165, 1.54) is 6.42 Å². The molecule has 0 spiro atoms. The second kappa shape index (κ2) is 7.23. The molecule has 2 atom stereocenters. The third kappa shape index (κ3) is 3.74. The van der Waals surface area contributed by atoms with Crippen molar-refractivity contribution < 1.29 is 4.39 Å². The van der Waals surface area contributed by atoms with Crippen LogP contribution in [0.1, 0.15) is 38.8 Å². The number of halogens is 1. The highest BCUT2D eigenvalue weighted by molar-refractivity contribution is 5.50. The van der Waals surface area contributed by atoms with E-state index in [4.69, 9.17) is 0 Å². The Bertz CT molecular complexity index is 455. The van der Waals surface area contributed by atoms with Gasteiger partial charge in [-0.1, -0.05) is 13.0 Å². The maximum Gasteiger partial charge on any atom is 0.146 e. The van der Waals surface area contributed by atoms with Crippen molar-refractivity contribution in [1.82, 2.24) is 10.2 Å². The van der Waals surface area contributed by atoms with E-state index in [9.17, 15) is 4.39 Å². The average molecular weight is 293 g/mol. The molecule has 1 heterocycles. The monoisotopic (exact) mass is 293 g/mol. The van der Waals surface area contributed by atoms with Crippen molar-refractivity contribution in [1.29, 1.82) is 0 Å². The Balaban J connectivity index is 2.03. The first-order chi connectivity index (χ1) is 10.1. The van der Waals surface area contributed by atoms with Crippen molar-refractivity contribution in [3.8, 4) is 0 Å². The van der Waals surface area contributed by atoms with Gasteiger partial charge in [0.2, 0.25) is 0 Å². The van der Waals surface area contributed by atoms with Crippen LogP contribution in [0.5, 0.6) is 0 Å². The van der Waals surface area contributed by atoms with Crippen LogP contribution in [0, 0.1) is 5.82 Å². The molecule has 0 aliphatic carbocycles. The Hall–Kier alpha value is -1.13. The highest BCUT2D eigenvalue weighted by Crippen LogP contribution is 2.25. The molecule has 1 N–H and O–H groups in total. The summed E-state index contributed by atoms with van der Waals surface area (Å²) in [6, 6.07) is 6.42.